The largest absolute Gasteiger partial charge is 0.618 e. The van der Waals surface area contributed by atoms with Crippen LogP contribution in [0.4, 0.5) is 0 Å². The quantitative estimate of drug-likeness (QED) is 0.325. The van der Waals surface area contributed by atoms with Gasteiger partial charge in [0.25, 0.3) is 0 Å². The molecule has 0 atom stereocenters. The Morgan fingerprint density at radius 3 is 2.78 bits per heavy atom. The van der Waals surface area contributed by atoms with E-state index in [1.54, 1.807) is 18.2 Å². The summed E-state index contributed by atoms with van der Waals surface area (Å²) in [6.45, 7) is 0. The smallest absolute Gasteiger partial charge is 0.227 e. The van der Waals surface area contributed by atoms with Gasteiger partial charge in [0.05, 0.1) is 5.37 Å². The van der Waals surface area contributed by atoms with E-state index in [-0.39, 0.29) is 0 Å². The van der Waals surface area contributed by atoms with Crippen LogP contribution in [0.15, 0.2) is 24.4 Å². The van der Waals surface area contributed by atoms with Gasteiger partial charge in [-0.05, 0) is 6.07 Å². The highest BCUT2D eigenvalue weighted by Gasteiger charge is 1.94. The summed E-state index contributed by atoms with van der Waals surface area (Å²) >= 11 is 4.56. The molecule has 0 amide bonds. The first kappa shape index (κ1) is 6.16. The number of hydrogen-bond donors (Lipinski definition) is 0. The molecule has 0 saturated heterocycles. The van der Waals surface area contributed by atoms with E-state index < -0.39 is 0 Å². The Morgan fingerprint density at radius 1 is 1.56 bits per heavy atom. The van der Waals surface area contributed by atoms with Crippen molar-refractivity contribution in [3.63, 3.8) is 0 Å². The molecular weight excluding hydrogens is 134 g/mol. The lowest BCUT2D eigenvalue weighted by Gasteiger charge is -1.95. The number of hydrogen-bond acceptors (Lipinski definition) is 2. The molecule has 0 N–H and O–H groups in total. The first-order valence-corrected chi connectivity index (χ1v) is 2.95. The zero-order valence-electron chi connectivity index (χ0n) is 4.65. The molecule has 0 aliphatic rings. The monoisotopic (exact) mass is 139 g/mol. The third kappa shape index (κ3) is 1.23. The normalized spacial score (nSPS) is 8.89. The molecule has 1 aromatic rings. The number of rotatable bonds is 1. The fourth-order valence-electron chi connectivity index (χ4n) is 0.533. The van der Waals surface area contributed by atoms with Crippen LogP contribution in [0.2, 0.25) is 0 Å². The third-order valence-corrected chi connectivity index (χ3v) is 1.22. The van der Waals surface area contributed by atoms with E-state index in [4.69, 9.17) is 0 Å². The van der Waals surface area contributed by atoms with E-state index in [1.165, 1.54) is 11.6 Å². The van der Waals surface area contributed by atoms with Gasteiger partial charge in [-0.3, -0.25) is 0 Å². The molecule has 0 unspecified atom stereocenters. The maximum absolute atomic E-state index is 10.7. The minimum absolute atomic E-state index is 0.507. The highest BCUT2D eigenvalue weighted by Crippen LogP contribution is 1.84. The van der Waals surface area contributed by atoms with E-state index in [0.29, 0.717) is 5.69 Å². The van der Waals surface area contributed by atoms with Crippen LogP contribution >= 0.6 is 12.2 Å². The molecule has 0 aliphatic heterocycles. The van der Waals surface area contributed by atoms with Crippen molar-refractivity contribution >= 4 is 17.6 Å². The number of nitrogens with zero attached hydrogens (tertiary/aromatic N) is 1. The van der Waals surface area contributed by atoms with Gasteiger partial charge in [-0.15, -0.1) is 0 Å². The summed E-state index contributed by atoms with van der Waals surface area (Å²) in [5.41, 5.74) is 0.507. The second-order valence-corrected chi connectivity index (χ2v) is 1.80. The van der Waals surface area contributed by atoms with Crippen molar-refractivity contribution < 1.29 is 4.73 Å². The zero-order chi connectivity index (χ0) is 6.69. The van der Waals surface area contributed by atoms with E-state index in [2.05, 4.69) is 12.2 Å². The highest BCUT2D eigenvalue weighted by atomic mass is 32.1. The van der Waals surface area contributed by atoms with Crippen LogP contribution in [0.3, 0.4) is 0 Å². The first-order chi connectivity index (χ1) is 4.34. The van der Waals surface area contributed by atoms with Crippen molar-refractivity contribution in [2.45, 2.75) is 0 Å². The van der Waals surface area contributed by atoms with E-state index >= 15 is 0 Å². The highest BCUT2D eigenvalue weighted by molar-refractivity contribution is 7.79. The summed E-state index contributed by atoms with van der Waals surface area (Å²) in [5, 5.41) is 12.0. The molecule has 9 heavy (non-hydrogen) atoms. The van der Waals surface area contributed by atoms with Crippen molar-refractivity contribution in [3.8, 4) is 0 Å². The molecule has 3 heteroatoms. The van der Waals surface area contributed by atoms with E-state index in [0.717, 1.165) is 4.73 Å². The molecule has 0 bridgehead atoms. The van der Waals surface area contributed by atoms with Crippen LogP contribution in [0.5, 0.6) is 0 Å². The molecule has 0 fully saturated rings. The van der Waals surface area contributed by atoms with Crippen LogP contribution in [-0.4, -0.2) is 5.37 Å². The standard InChI is InChI=1S/C6H5NOS/c8-7-4-2-1-3-6(7)5-9/h1-5H. The molecular formula is C6H5NOS. The van der Waals surface area contributed by atoms with Crippen LogP contribution in [-0.2, 0) is 0 Å². The van der Waals surface area contributed by atoms with Crippen LogP contribution in [0.1, 0.15) is 5.69 Å². The fraction of sp³-hybridized carbons (Fsp3) is 0. The summed E-state index contributed by atoms with van der Waals surface area (Å²) < 4.78 is 0.729. The molecule has 1 heterocycles. The van der Waals surface area contributed by atoms with Crippen molar-refractivity contribution in [1.29, 1.82) is 0 Å². The molecule has 1 rings (SSSR count). The van der Waals surface area contributed by atoms with Gasteiger partial charge in [-0.1, -0.05) is 12.2 Å². The fourth-order valence-corrected chi connectivity index (χ4v) is 0.715. The second-order valence-electron chi connectivity index (χ2n) is 1.57. The van der Waals surface area contributed by atoms with Crippen LogP contribution in [0, 0.1) is 5.21 Å². The molecule has 0 radical (unpaired) electrons. The molecule has 46 valence electrons. The molecule has 0 saturated carbocycles. The van der Waals surface area contributed by atoms with Gasteiger partial charge in [0.1, 0.15) is 0 Å². The summed E-state index contributed by atoms with van der Waals surface area (Å²) in [6, 6.07) is 5.10. The Labute approximate surface area is 58.3 Å². The summed E-state index contributed by atoms with van der Waals surface area (Å²) in [4.78, 5) is 0. The van der Waals surface area contributed by atoms with Gasteiger partial charge in [-0.25, -0.2) is 0 Å². The predicted molar refractivity (Wildman–Crippen MR) is 38.2 cm³/mol. The maximum atomic E-state index is 10.7. The predicted octanol–water partition coefficient (Wildman–Crippen LogP) is 0.668. The minimum atomic E-state index is 0.507. The Balaban J connectivity index is 3.15. The van der Waals surface area contributed by atoms with Crippen molar-refractivity contribution in [2.24, 2.45) is 0 Å². The van der Waals surface area contributed by atoms with Crippen LogP contribution < -0.4 is 4.73 Å². The van der Waals surface area contributed by atoms with Gasteiger partial charge in [-0.2, -0.15) is 4.73 Å². The lowest BCUT2D eigenvalue weighted by atomic mass is 10.4. The summed E-state index contributed by atoms with van der Waals surface area (Å²) in [7, 11) is 0. The molecule has 0 aliphatic carbocycles. The topological polar surface area (TPSA) is 26.9 Å². The average Bonchev–Trinajstić information content (AvgIpc) is 1.89. The lowest BCUT2D eigenvalue weighted by Crippen LogP contribution is -2.30. The SMILES string of the molecule is [O-][n+]1ccccc1C=S. The number of thiocarbonyl (C=S) groups is 1. The Bertz CT molecular complexity index is 224. The van der Waals surface area contributed by atoms with Gasteiger partial charge < -0.3 is 5.21 Å². The van der Waals surface area contributed by atoms with Gasteiger partial charge in [0.2, 0.25) is 5.69 Å². The molecule has 1 aromatic heterocycles. The van der Waals surface area contributed by atoms with Gasteiger partial charge in [0.15, 0.2) is 6.20 Å². The molecule has 0 spiro atoms. The zero-order valence-corrected chi connectivity index (χ0v) is 5.47. The average molecular weight is 139 g/mol. The van der Waals surface area contributed by atoms with Crippen molar-refractivity contribution in [3.05, 3.63) is 35.3 Å². The molecule has 2 nitrogen and oxygen atoms in total. The maximum Gasteiger partial charge on any atom is 0.227 e. The van der Waals surface area contributed by atoms with Gasteiger partial charge >= 0.3 is 0 Å². The summed E-state index contributed by atoms with van der Waals surface area (Å²) in [6.07, 6.45) is 1.41. The van der Waals surface area contributed by atoms with Gasteiger partial charge in [0, 0.05) is 12.1 Å². The van der Waals surface area contributed by atoms with E-state index in [1.807, 2.05) is 0 Å². The van der Waals surface area contributed by atoms with Crippen molar-refractivity contribution in [1.82, 2.24) is 0 Å². The van der Waals surface area contributed by atoms with Crippen molar-refractivity contribution in [2.75, 3.05) is 0 Å². The Hall–Kier alpha value is -0.960. The lowest BCUT2D eigenvalue weighted by molar-refractivity contribution is -0.606. The molecule has 0 aromatic carbocycles. The Morgan fingerprint density at radius 2 is 2.33 bits per heavy atom. The van der Waals surface area contributed by atoms with Crippen LogP contribution in [0.25, 0.3) is 0 Å². The Kier molecular flexibility index (Phi) is 1.75. The minimum Gasteiger partial charge on any atom is -0.618 e. The second kappa shape index (κ2) is 2.55. The van der Waals surface area contributed by atoms with E-state index in [9.17, 15) is 5.21 Å². The number of pyridine rings is 1. The summed E-state index contributed by atoms with van der Waals surface area (Å²) in [5.74, 6) is 0. The third-order valence-electron chi connectivity index (χ3n) is 0.975. The first-order valence-electron chi connectivity index (χ1n) is 2.48. The number of aromatic nitrogens is 1.